The summed E-state index contributed by atoms with van der Waals surface area (Å²) in [5.41, 5.74) is 0.227. The lowest BCUT2D eigenvalue weighted by Gasteiger charge is -2.22. The topological polar surface area (TPSA) is 77.2 Å². The first-order valence-electron chi connectivity index (χ1n) is 7.59. The number of halogens is 4. The highest BCUT2D eigenvalue weighted by molar-refractivity contribution is 6.66. The number of rotatable bonds is 4. The molecule has 10 heteroatoms. The summed E-state index contributed by atoms with van der Waals surface area (Å²) in [5.74, 6) is -0.0308. The highest BCUT2D eigenvalue weighted by atomic mass is 35.6. The summed E-state index contributed by atoms with van der Waals surface area (Å²) < 4.78 is 8.41. The van der Waals surface area contributed by atoms with Gasteiger partial charge in [-0.05, 0) is 38.5 Å². The molecule has 0 saturated heterocycles. The van der Waals surface area contributed by atoms with Crippen molar-refractivity contribution in [3.8, 4) is 0 Å². The average Bonchev–Trinajstić information content (AvgIpc) is 2.97. The Kier molecular flexibility index (Phi) is 6.66. The predicted molar refractivity (Wildman–Crippen MR) is 101 cm³/mol. The zero-order chi connectivity index (χ0) is 19.5. The van der Waals surface area contributed by atoms with Crippen molar-refractivity contribution in [2.24, 2.45) is 0 Å². The number of aromatic nitrogens is 2. The van der Waals surface area contributed by atoms with E-state index < -0.39 is 21.5 Å². The predicted octanol–water partition coefficient (Wildman–Crippen LogP) is 5.36. The van der Waals surface area contributed by atoms with Crippen molar-refractivity contribution in [3.63, 3.8) is 0 Å². The molecule has 2 aromatic rings. The molecule has 2 rings (SSSR count). The molecule has 142 valence electrons. The molecule has 0 radical (unpaired) electrons. The summed E-state index contributed by atoms with van der Waals surface area (Å²) in [6.07, 6.45) is -0.272. The largest absolute Gasteiger partial charge is 0.444 e. The summed E-state index contributed by atoms with van der Waals surface area (Å²) >= 11 is 23.2. The molecule has 26 heavy (non-hydrogen) atoms. The van der Waals surface area contributed by atoms with Crippen molar-refractivity contribution < 1.29 is 14.1 Å². The molecular weight excluding hydrogens is 424 g/mol. The number of nitrogens with zero attached hydrogens (tertiary/aromatic N) is 2. The summed E-state index contributed by atoms with van der Waals surface area (Å²) in [5, 5.41) is 7.12. The summed E-state index contributed by atoms with van der Waals surface area (Å²) in [6, 6.07) is 6.47. The van der Waals surface area contributed by atoms with Gasteiger partial charge in [-0.25, -0.2) is 4.79 Å². The lowest BCUT2D eigenvalue weighted by Crippen LogP contribution is -2.36. The van der Waals surface area contributed by atoms with E-state index in [1.165, 1.54) is 0 Å². The van der Waals surface area contributed by atoms with Gasteiger partial charge in [0.2, 0.25) is 0 Å². The van der Waals surface area contributed by atoms with E-state index in [0.29, 0.717) is 11.4 Å². The van der Waals surface area contributed by atoms with E-state index in [2.05, 4.69) is 15.5 Å². The van der Waals surface area contributed by atoms with Gasteiger partial charge in [0.1, 0.15) is 5.60 Å². The van der Waals surface area contributed by atoms with Crippen LogP contribution in [0.4, 0.5) is 4.79 Å². The SMILES string of the molecule is CC(C)(C)OC(=O)N[C@@H](Cc1ccc(Cl)cc1)c1noc(C(Cl)(Cl)Cl)n1. The maximum Gasteiger partial charge on any atom is 0.408 e. The van der Waals surface area contributed by atoms with Crippen LogP contribution in [0.2, 0.25) is 5.02 Å². The standard InChI is InChI=1S/C16H17Cl4N3O3/c1-15(2,3)25-14(24)21-11(8-9-4-6-10(17)7-5-9)12-22-13(26-23-12)16(18,19)20/h4-7,11H,8H2,1-3H3,(H,21,24)/t11-/m0/s1. The quantitative estimate of drug-likeness (QED) is 0.647. The molecule has 0 fully saturated rings. The smallest absolute Gasteiger partial charge is 0.408 e. The third-order valence-electron chi connectivity index (χ3n) is 3.04. The molecule has 0 spiro atoms. The van der Waals surface area contributed by atoms with Crippen molar-refractivity contribution in [1.29, 1.82) is 0 Å². The van der Waals surface area contributed by atoms with Crippen molar-refractivity contribution in [2.75, 3.05) is 0 Å². The van der Waals surface area contributed by atoms with Crippen molar-refractivity contribution in [1.82, 2.24) is 15.5 Å². The van der Waals surface area contributed by atoms with Gasteiger partial charge in [-0.15, -0.1) is 0 Å². The van der Waals surface area contributed by atoms with Gasteiger partial charge in [0, 0.05) is 11.4 Å². The fraction of sp³-hybridized carbons (Fsp3) is 0.438. The van der Waals surface area contributed by atoms with Gasteiger partial charge in [0.15, 0.2) is 5.82 Å². The molecular formula is C16H17Cl4N3O3. The molecule has 6 nitrogen and oxygen atoms in total. The molecule has 1 aromatic heterocycles. The maximum absolute atomic E-state index is 12.2. The van der Waals surface area contributed by atoms with Crippen molar-refractivity contribution in [3.05, 3.63) is 46.6 Å². The molecule has 0 aliphatic heterocycles. The Balaban J connectivity index is 2.24. The van der Waals surface area contributed by atoms with Gasteiger partial charge in [0.05, 0.1) is 6.04 Å². The van der Waals surface area contributed by atoms with Gasteiger partial charge < -0.3 is 14.6 Å². The van der Waals surface area contributed by atoms with E-state index in [9.17, 15) is 4.79 Å². The number of hydrogen-bond donors (Lipinski definition) is 1. The molecule has 0 unspecified atom stereocenters. The zero-order valence-electron chi connectivity index (χ0n) is 14.2. The van der Waals surface area contributed by atoms with Crippen LogP contribution in [0.3, 0.4) is 0 Å². The summed E-state index contributed by atoms with van der Waals surface area (Å²) in [7, 11) is 0. The first kappa shape index (κ1) is 21.1. The molecule has 0 aliphatic rings. The Morgan fingerprint density at radius 2 is 1.85 bits per heavy atom. The molecule has 1 heterocycles. The third kappa shape index (κ3) is 6.50. The van der Waals surface area contributed by atoms with E-state index in [1.54, 1.807) is 32.9 Å². The molecule has 0 saturated carbocycles. The maximum atomic E-state index is 12.2. The second kappa shape index (κ2) is 8.21. The van der Waals surface area contributed by atoms with Gasteiger partial charge in [-0.1, -0.05) is 63.7 Å². The number of nitrogens with one attached hydrogen (secondary N) is 1. The number of ether oxygens (including phenoxy) is 1. The highest BCUT2D eigenvalue weighted by Gasteiger charge is 2.33. The van der Waals surface area contributed by atoms with Crippen molar-refractivity contribution in [2.45, 2.75) is 42.6 Å². The highest BCUT2D eigenvalue weighted by Crippen LogP contribution is 2.37. The van der Waals surface area contributed by atoms with Crippen LogP contribution in [0.15, 0.2) is 28.8 Å². The lowest BCUT2D eigenvalue weighted by molar-refractivity contribution is 0.0500. The van der Waals surface area contributed by atoms with Crippen LogP contribution in [0.5, 0.6) is 0 Å². The fourth-order valence-electron chi connectivity index (χ4n) is 2.00. The molecule has 1 atom stereocenters. The summed E-state index contributed by atoms with van der Waals surface area (Å²) in [4.78, 5) is 16.2. The van der Waals surface area contributed by atoms with Crippen LogP contribution in [-0.4, -0.2) is 21.8 Å². The molecule has 1 amide bonds. The number of benzene rings is 1. The monoisotopic (exact) mass is 439 g/mol. The van der Waals surface area contributed by atoms with Gasteiger partial charge in [-0.2, -0.15) is 4.98 Å². The molecule has 0 aliphatic carbocycles. The van der Waals surface area contributed by atoms with E-state index in [0.717, 1.165) is 5.56 Å². The number of hydrogen-bond acceptors (Lipinski definition) is 5. The number of carbonyl (C=O) groups is 1. The minimum Gasteiger partial charge on any atom is -0.444 e. The van der Waals surface area contributed by atoms with Gasteiger partial charge in [-0.3, -0.25) is 0 Å². The summed E-state index contributed by atoms with van der Waals surface area (Å²) in [6.45, 7) is 5.28. The van der Waals surface area contributed by atoms with E-state index >= 15 is 0 Å². The number of alkyl carbamates (subject to hydrolysis) is 1. The second-order valence-electron chi connectivity index (χ2n) is 6.48. The van der Waals surface area contributed by atoms with Crippen molar-refractivity contribution >= 4 is 52.5 Å². The Hall–Kier alpha value is -1.21. The first-order chi connectivity index (χ1) is 11.9. The van der Waals surface area contributed by atoms with Crippen LogP contribution in [0.25, 0.3) is 0 Å². The first-order valence-corrected chi connectivity index (χ1v) is 9.10. The van der Waals surface area contributed by atoms with Crippen LogP contribution in [0.1, 0.15) is 44.1 Å². The number of carbonyl (C=O) groups excluding carboxylic acids is 1. The third-order valence-corrected chi connectivity index (χ3v) is 3.78. The number of amides is 1. The van der Waals surface area contributed by atoms with Crippen LogP contribution in [0, 0.1) is 0 Å². The fourth-order valence-corrected chi connectivity index (χ4v) is 2.36. The second-order valence-corrected chi connectivity index (χ2v) is 9.20. The number of alkyl halides is 3. The molecule has 1 aromatic carbocycles. The zero-order valence-corrected chi connectivity index (χ0v) is 17.2. The van der Waals surface area contributed by atoms with Gasteiger partial charge in [0.25, 0.3) is 9.68 Å². The Labute approximate surface area is 171 Å². The van der Waals surface area contributed by atoms with E-state index in [1.807, 2.05) is 12.1 Å². The average molecular weight is 441 g/mol. The van der Waals surface area contributed by atoms with Gasteiger partial charge >= 0.3 is 6.09 Å². The molecule has 1 N–H and O–H groups in total. The van der Waals surface area contributed by atoms with E-state index in [-0.39, 0.29) is 11.7 Å². The minimum atomic E-state index is -1.86. The minimum absolute atomic E-state index is 0.159. The van der Waals surface area contributed by atoms with Crippen LogP contribution in [-0.2, 0) is 15.0 Å². The van der Waals surface area contributed by atoms with E-state index in [4.69, 9.17) is 55.7 Å². The Morgan fingerprint density at radius 3 is 2.35 bits per heavy atom. The Morgan fingerprint density at radius 1 is 1.23 bits per heavy atom. The van der Waals surface area contributed by atoms with Crippen LogP contribution >= 0.6 is 46.4 Å². The van der Waals surface area contributed by atoms with Crippen LogP contribution < -0.4 is 5.32 Å². The lowest BCUT2D eigenvalue weighted by atomic mass is 10.1. The molecule has 0 bridgehead atoms. The Bertz CT molecular complexity index is 751. The normalized spacial score (nSPS) is 13.3.